The van der Waals surface area contributed by atoms with E-state index in [1.165, 1.54) is 24.9 Å². The monoisotopic (exact) mass is 298 g/mol. The molecule has 2 aromatic heterocycles. The molecule has 0 atom stereocenters. The summed E-state index contributed by atoms with van der Waals surface area (Å²) in [7, 11) is -3.54. The maximum absolute atomic E-state index is 12.1. The average Bonchev–Trinajstić information content (AvgIpc) is 3.08. The van der Waals surface area contributed by atoms with Crippen LogP contribution in [0.2, 0.25) is 0 Å². The Morgan fingerprint density at radius 1 is 1.45 bits per heavy atom. The first-order valence-electron chi connectivity index (χ1n) is 6.35. The zero-order valence-corrected chi connectivity index (χ0v) is 12.1. The number of likely N-dealkylation sites (N-methyl/N-ethyl adjacent to an activating group) is 1. The van der Waals surface area contributed by atoms with Crippen molar-refractivity contribution in [3.63, 3.8) is 0 Å². The van der Waals surface area contributed by atoms with E-state index in [0.717, 1.165) is 18.7 Å². The van der Waals surface area contributed by atoms with Crippen molar-refractivity contribution in [1.82, 2.24) is 19.8 Å². The number of aromatic nitrogens is 2. The molecule has 0 saturated carbocycles. The van der Waals surface area contributed by atoms with E-state index in [-0.39, 0.29) is 11.4 Å². The molecule has 110 valence electrons. The third-order valence-electron chi connectivity index (χ3n) is 2.73. The Kier molecular flexibility index (Phi) is 4.94. The zero-order chi connectivity index (χ0) is 14.4. The molecule has 0 radical (unpaired) electrons. The molecular formula is C12H18N4O3S. The standard InChI is InChI=1S/C12H18N4O3S/c1-2-13-4-5-16-9-12(8-14-16)20(17,18)15-7-11-3-6-19-10-11/h3,6,8-10,13,15H,2,4-5,7H2,1H3. The van der Waals surface area contributed by atoms with Gasteiger partial charge in [-0.05, 0) is 12.6 Å². The van der Waals surface area contributed by atoms with Gasteiger partial charge in [0.2, 0.25) is 10.0 Å². The molecule has 0 aromatic carbocycles. The lowest BCUT2D eigenvalue weighted by Gasteiger charge is -2.03. The van der Waals surface area contributed by atoms with Crippen LogP contribution < -0.4 is 10.0 Å². The zero-order valence-electron chi connectivity index (χ0n) is 11.2. The minimum atomic E-state index is -3.54. The van der Waals surface area contributed by atoms with Crippen molar-refractivity contribution in [2.45, 2.75) is 24.9 Å². The van der Waals surface area contributed by atoms with Crippen LogP contribution in [0, 0.1) is 0 Å². The number of hydrogen-bond acceptors (Lipinski definition) is 5. The smallest absolute Gasteiger partial charge is 0.243 e. The maximum atomic E-state index is 12.1. The van der Waals surface area contributed by atoms with Crippen molar-refractivity contribution in [2.24, 2.45) is 0 Å². The highest BCUT2D eigenvalue weighted by atomic mass is 32.2. The van der Waals surface area contributed by atoms with Gasteiger partial charge in [0.05, 0.1) is 25.3 Å². The van der Waals surface area contributed by atoms with Crippen molar-refractivity contribution in [1.29, 1.82) is 0 Å². The molecular weight excluding hydrogens is 280 g/mol. The fourth-order valence-electron chi connectivity index (χ4n) is 1.63. The van der Waals surface area contributed by atoms with Gasteiger partial charge in [-0.3, -0.25) is 4.68 Å². The summed E-state index contributed by atoms with van der Waals surface area (Å²) in [6.07, 6.45) is 5.88. The molecule has 8 heteroatoms. The van der Waals surface area contributed by atoms with Crippen molar-refractivity contribution < 1.29 is 12.8 Å². The SMILES string of the molecule is CCNCCn1cc(S(=O)(=O)NCc2ccoc2)cn1. The van der Waals surface area contributed by atoms with E-state index in [9.17, 15) is 8.42 Å². The van der Waals surface area contributed by atoms with Crippen LogP contribution in [0.15, 0.2) is 40.3 Å². The Bertz CT molecular complexity index is 619. The molecule has 0 spiro atoms. The van der Waals surface area contributed by atoms with Crippen LogP contribution in [0.1, 0.15) is 12.5 Å². The number of rotatable bonds is 8. The summed E-state index contributed by atoms with van der Waals surface area (Å²) in [6, 6.07) is 1.71. The fraction of sp³-hybridized carbons (Fsp3) is 0.417. The van der Waals surface area contributed by atoms with E-state index in [1.807, 2.05) is 6.92 Å². The number of hydrogen-bond donors (Lipinski definition) is 2. The minimum Gasteiger partial charge on any atom is -0.472 e. The first-order chi connectivity index (χ1) is 9.62. The fourth-order valence-corrected chi connectivity index (χ4v) is 2.60. The Morgan fingerprint density at radius 3 is 3.00 bits per heavy atom. The highest BCUT2D eigenvalue weighted by molar-refractivity contribution is 7.89. The van der Waals surface area contributed by atoms with Crippen LogP contribution >= 0.6 is 0 Å². The largest absolute Gasteiger partial charge is 0.472 e. The summed E-state index contributed by atoms with van der Waals surface area (Å²) in [4.78, 5) is 0.164. The summed E-state index contributed by atoms with van der Waals surface area (Å²) >= 11 is 0. The molecule has 20 heavy (non-hydrogen) atoms. The summed E-state index contributed by atoms with van der Waals surface area (Å²) in [6.45, 7) is 4.46. The summed E-state index contributed by atoms with van der Waals surface area (Å²) in [5, 5.41) is 7.19. The Labute approximate surface area is 118 Å². The lowest BCUT2D eigenvalue weighted by Crippen LogP contribution is -2.23. The van der Waals surface area contributed by atoms with E-state index >= 15 is 0 Å². The van der Waals surface area contributed by atoms with Crippen LogP contribution in [0.3, 0.4) is 0 Å². The summed E-state index contributed by atoms with van der Waals surface area (Å²) in [5.74, 6) is 0. The highest BCUT2D eigenvalue weighted by Crippen LogP contribution is 2.08. The lowest BCUT2D eigenvalue weighted by atomic mass is 10.4. The number of nitrogens with one attached hydrogen (secondary N) is 2. The van der Waals surface area contributed by atoms with E-state index in [4.69, 9.17) is 4.42 Å². The molecule has 0 amide bonds. The van der Waals surface area contributed by atoms with Crippen molar-refractivity contribution in [3.05, 3.63) is 36.5 Å². The van der Waals surface area contributed by atoms with Gasteiger partial charge >= 0.3 is 0 Å². The topological polar surface area (TPSA) is 89.2 Å². The van der Waals surface area contributed by atoms with Gasteiger partial charge in [0.25, 0.3) is 0 Å². The molecule has 7 nitrogen and oxygen atoms in total. The molecule has 2 heterocycles. The third-order valence-corrected chi connectivity index (χ3v) is 4.09. The Hall–Kier alpha value is -1.64. The molecule has 2 N–H and O–H groups in total. The van der Waals surface area contributed by atoms with Crippen LogP contribution in [0.4, 0.5) is 0 Å². The van der Waals surface area contributed by atoms with Gasteiger partial charge in [-0.15, -0.1) is 0 Å². The third kappa shape index (κ3) is 3.92. The lowest BCUT2D eigenvalue weighted by molar-refractivity contribution is 0.559. The van der Waals surface area contributed by atoms with Gasteiger partial charge in [-0.1, -0.05) is 6.92 Å². The quantitative estimate of drug-likeness (QED) is 0.695. The van der Waals surface area contributed by atoms with Crippen LogP contribution in [-0.2, 0) is 23.1 Å². The van der Waals surface area contributed by atoms with Gasteiger partial charge in [0.1, 0.15) is 4.90 Å². The Morgan fingerprint density at radius 2 is 2.30 bits per heavy atom. The van der Waals surface area contributed by atoms with Gasteiger partial charge in [-0.2, -0.15) is 5.10 Å². The predicted molar refractivity (Wildman–Crippen MR) is 73.5 cm³/mol. The van der Waals surface area contributed by atoms with Gasteiger partial charge in [0, 0.05) is 24.8 Å². The van der Waals surface area contributed by atoms with E-state index < -0.39 is 10.0 Å². The Balaban J connectivity index is 1.95. The van der Waals surface area contributed by atoms with E-state index in [2.05, 4.69) is 15.1 Å². The maximum Gasteiger partial charge on any atom is 0.243 e. The average molecular weight is 298 g/mol. The van der Waals surface area contributed by atoms with Crippen LogP contribution in [0.25, 0.3) is 0 Å². The van der Waals surface area contributed by atoms with Crippen LogP contribution in [0.5, 0.6) is 0 Å². The molecule has 0 fully saturated rings. The molecule has 0 saturated heterocycles. The minimum absolute atomic E-state index is 0.164. The van der Waals surface area contributed by atoms with Gasteiger partial charge in [-0.25, -0.2) is 13.1 Å². The normalized spacial score (nSPS) is 11.8. The second-order valence-electron chi connectivity index (χ2n) is 4.25. The molecule has 0 aliphatic heterocycles. The van der Waals surface area contributed by atoms with Crippen molar-refractivity contribution in [2.75, 3.05) is 13.1 Å². The number of furan rings is 1. The second-order valence-corrected chi connectivity index (χ2v) is 6.02. The molecule has 0 aliphatic carbocycles. The van der Waals surface area contributed by atoms with Crippen LogP contribution in [-0.4, -0.2) is 31.3 Å². The van der Waals surface area contributed by atoms with E-state index in [1.54, 1.807) is 10.7 Å². The molecule has 2 aromatic rings. The predicted octanol–water partition coefficient (Wildman–Crippen LogP) is 0.564. The molecule has 2 rings (SSSR count). The van der Waals surface area contributed by atoms with Crippen molar-refractivity contribution in [3.8, 4) is 0 Å². The molecule has 0 aliphatic rings. The van der Waals surface area contributed by atoms with Gasteiger partial charge < -0.3 is 9.73 Å². The first kappa shape index (κ1) is 14.8. The second kappa shape index (κ2) is 6.69. The summed E-state index contributed by atoms with van der Waals surface area (Å²) in [5.41, 5.74) is 0.771. The van der Waals surface area contributed by atoms with Gasteiger partial charge in [0.15, 0.2) is 0 Å². The number of nitrogens with zero attached hydrogens (tertiary/aromatic N) is 2. The number of sulfonamides is 1. The van der Waals surface area contributed by atoms with E-state index in [0.29, 0.717) is 6.54 Å². The first-order valence-corrected chi connectivity index (χ1v) is 7.84. The molecule has 0 bridgehead atoms. The molecule has 0 unspecified atom stereocenters. The van der Waals surface area contributed by atoms with Crippen molar-refractivity contribution >= 4 is 10.0 Å². The highest BCUT2D eigenvalue weighted by Gasteiger charge is 2.16. The summed E-state index contributed by atoms with van der Waals surface area (Å²) < 4.78 is 33.1.